The molecule has 0 saturated carbocycles. The minimum atomic E-state index is -0.461. The van der Waals surface area contributed by atoms with Crippen molar-refractivity contribution in [1.29, 1.82) is 0 Å². The molecule has 0 aromatic rings. The molecule has 84 valence electrons. The molecule has 0 aliphatic rings. The monoisotopic (exact) mass is 202 g/mol. The van der Waals surface area contributed by atoms with Gasteiger partial charge in [-0.15, -0.1) is 0 Å². The van der Waals surface area contributed by atoms with Crippen molar-refractivity contribution in [2.24, 2.45) is 5.41 Å². The third kappa shape index (κ3) is 3.29. The van der Waals surface area contributed by atoms with Crippen LogP contribution in [-0.4, -0.2) is 25.3 Å². The Morgan fingerprint density at radius 2 is 1.71 bits per heavy atom. The summed E-state index contributed by atoms with van der Waals surface area (Å²) in [6, 6.07) is 0. The van der Waals surface area contributed by atoms with Gasteiger partial charge in [0.1, 0.15) is 12.2 Å². The van der Waals surface area contributed by atoms with Gasteiger partial charge in [0.05, 0.1) is 0 Å². The first kappa shape index (κ1) is 13.4. The largest absolute Gasteiger partial charge is 0.457 e. The summed E-state index contributed by atoms with van der Waals surface area (Å²) in [7, 11) is 1.49. The molecule has 0 amide bonds. The topological polar surface area (TPSA) is 35.5 Å². The zero-order chi connectivity index (χ0) is 11.4. The zero-order valence-corrected chi connectivity index (χ0v) is 10.1. The van der Waals surface area contributed by atoms with Gasteiger partial charge in [0.2, 0.25) is 0 Å². The summed E-state index contributed by atoms with van der Waals surface area (Å²) < 4.78 is 10.1. The Labute approximate surface area is 86.8 Å². The van der Waals surface area contributed by atoms with Gasteiger partial charge in [-0.1, -0.05) is 20.8 Å². The van der Waals surface area contributed by atoms with Crippen molar-refractivity contribution >= 4 is 5.97 Å². The SMILES string of the molecule is CCC(C)(C)C(C)(C)OC(=O)COC. The second-order valence-electron chi connectivity index (χ2n) is 4.65. The highest BCUT2D eigenvalue weighted by atomic mass is 16.6. The lowest BCUT2D eigenvalue weighted by atomic mass is 9.75. The maximum Gasteiger partial charge on any atom is 0.332 e. The lowest BCUT2D eigenvalue weighted by Crippen LogP contribution is -2.43. The molecule has 0 rings (SSSR count). The molecule has 0 atom stereocenters. The fourth-order valence-corrected chi connectivity index (χ4v) is 0.996. The van der Waals surface area contributed by atoms with Gasteiger partial charge in [-0.3, -0.25) is 0 Å². The Kier molecular flexibility index (Phi) is 4.59. The van der Waals surface area contributed by atoms with Crippen LogP contribution in [0.15, 0.2) is 0 Å². The molecule has 0 fully saturated rings. The van der Waals surface area contributed by atoms with E-state index in [9.17, 15) is 4.79 Å². The van der Waals surface area contributed by atoms with Gasteiger partial charge in [0.25, 0.3) is 0 Å². The first-order chi connectivity index (χ1) is 6.27. The van der Waals surface area contributed by atoms with Crippen LogP contribution < -0.4 is 0 Å². The minimum Gasteiger partial charge on any atom is -0.457 e. The third-order valence-corrected chi connectivity index (χ3v) is 3.14. The smallest absolute Gasteiger partial charge is 0.332 e. The van der Waals surface area contributed by atoms with Crippen LogP contribution in [0.5, 0.6) is 0 Å². The fourth-order valence-electron chi connectivity index (χ4n) is 0.996. The quantitative estimate of drug-likeness (QED) is 0.642. The number of methoxy groups -OCH3 is 1. The number of rotatable bonds is 5. The van der Waals surface area contributed by atoms with Gasteiger partial charge in [0, 0.05) is 12.5 Å². The van der Waals surface area contributed by atoms with E-state index >= 15 is 0 Å². The van der Waals surface area contributed by atoms with Crippen LogP contribution in [0.25, 0.3) is 0 Å². The van der Waals surface area contributed by atoms with Crippen LogP contribution in [0.4, 0.5) is 0 Å². The van der Waals surface area contributed by atoms with Crippen molar-refractivity contribution in [3.63, 3.8) is 0 Å². The second kappa shape index (κ2) is 4.78. The van der Waals surface area contributed by atoms with Crippen molar-refractivity contribution in [3.05, 3.63) is 0 Å². The summed E-state index contributed by atoms with van der Waals surface area (Å²) in [5.41, 5.74) is -0.492. The van der Waals surface area contributed by atoms with Gasteiger partial charge < -0.3 is 9.47 Å². The Morgan fingerprint density at radius 3 is 2.07 bits per heavy atom. The van der Waals surface area contributed by atoms with Crippen molar-refractivity contribution in [2.75, 3.05) is 13.7 Å². The molecule has 3 nitrogen and oxygen atoms in total. The normalized spacial score (nSPS) is 12.7. The van der Waals surface area contributed by atoms with Crippen LogP contribution in [0.2, 0.25) is 0 Å². The van der Waals surface area contributed by atoms with Crippen LogP contribution in [0.3, 0.4) is 0 Å². The third-order valence-electron chi connectivity index (χ3n) is 3.14. The average Bonchev–Trinajstić information content (AvgIpc) is 2.03. The molecule has 0 aliphatic heterocycles. The number of hydrogen-bond acceptors (Lipinski definition) is 3. The minimum absolute atomic E-state index is 0.0171. The lowest BCUT2D eigenvalue weighted by molar-refractivity contribution is -0.172. The molecule has 0 heterocycles. The molecule has 0 aromatic heterocycles. The highest BCUT2D eigenvalue weighted by Gasteiger charge is 2.38. The van der Waals surface area contributed by atoms with E-state index in [1.54, 1.807) is 0 Å². The van der Waals surface area contributed by atoms with Crippen molar-refractivity contribution in [1.82, 2.24) is 0 Å². The Bertz CT molecular complexity index is 195. The standard InChI is InChI=1S/C11H22O3/c1-7-10(2,3)11(4,5)14-9(12)8-13-6/h7-8H2,1-6H3. The van der Waals surface area contributed by atoms with Crippen LogP contribution in [0, 0.1) is 5.41 Å². The molecule has 14 heavy (non-hydrogen) atoms. The molecule has 0 N–H and O–H groups in total. The van der Waals surface area contributed by atoms with E-state index in [0.717, 1.165) is 6.42 Å². The Balaban J connectivity index is 4.40. The van der Waals surface area contributed by atoms with E-state index < -0.39 is 5.60 Å². The summed E-state index contributed by atoms with van der Waals surface area (Å²) in [5.74, 6) is -0.306. The van der Waals surface area contributed by atoms with Crippen LogP contribution >= 0.6 is 0 Å². The molecule has 0 aromatic carbocycles. The van der Waals surface area contributed by atoms with Crippen LogP contribution in [-0.2, 0) is 14.3 Å². The molecule has 0 spiro atoms. The lowest BCUT2D eigenvalue weighted by Gasteiger charge is -2.40. The highest BCUT2D eigenvalue weighted by Crippen LogP contribution is 2.36. The average molecular weight is 202 g/mol. The van der Waals surface area contributed by atoms with Gasteiger partial charge in [-0.25, -0.2) is 4.79 Å². The first-order valence-electron chi connectivity index (χ1n) is 4.97. The first-order valence-corrected chi connectivity index (χ1v) is 4.97. The maximum atomic E-state index is 11.3. The van der Waals surface area contributed by atoms with Crippen molar-refractivity contribution < 1.29 is 14.3 Å². The highest BCUT2D eigenvalue weighted by molar-refractivity contribution is 5.71. The molecule has 0 bridgehead atoms. The molecule has 0 saturated heterocycles. The summed E-state index contributed by atoms with van der Waals surface area (Å²) in [6.45, 7) is 10.2. The molecular formula is C11H22O3. The van der Waals surface area contributed by atoms with E-state index in [4.69, 9.17) is 9.47 Å². The fraction of sp³-hybridized carbons (Fsp3) is 0.909. The number of carbonyl (C=O) groups excluding carboxylic acids is 1. The van der Waals surface area contributed by atoms with Crippen molar-refractivity contribution in [3.8, 4) is 0 Å². The van der Waals surface area contributed by atoms with E-state index in [-0.39, 0.29) is 18.0 Å². The molecule has 0 radical (unpaired) electrons. The van der Waals surface area contributed by atoms with Gasteiger partial charge in [0.15, 0.2) is 0 Å². The van der Waals surface area contributed by atoms with E-state index in [0.29, 0.717) is 0 Å². The Hall–Kier alpha value is -0.570. The predicted molar refractivity (Wildman–Crippen MR) is 56.1 cm³/mol. The van der Waals surface area contributed by atoms with E-state index in [2.05, 4.69) is 20.8 Å². The summed E-state index contributed by atoms with van der Waals surface area (Å²) >= 11 is 0. The molecule has 0 unspecified atom stereocenters. The van der Waals surface area contributed by atoms with Crippen molar-refractivity contribution in [2.45, 2.75) is 46.6 Å². The molecule has 3 heteroatoms. The van der Waals surface area contributed by atoms with Gasteiger partial charge >= 0.3 is 5.97 Å². The summed E-state index contributed by atoms with van der Waals surface area (Å²) in [4.78, 5) is 11.3. The maximum absolute atomic E-state index is 11.3. The summed E-state index contributed by atoms with van der Waals surface area (Å²) in [5, 5.41) is 0. The van der Waals surface area contributed by atoms with E-state index in [1.165, 1.54) is 7.11 Å². The second-order valence-corrected chi connectivity index (χ2v) is 4.65. The Morgan fingerprint density at radius 1 is 1.21 bits per heavy atom. The van der Waals surface area contributed by atoms with Gasteiger partial charge in [-0.05, 0) is 20.3 Å². The predicted octanol–water partition coefficient (Wildman–Crippen LogP) is 2.39. The summed E-state index contributed by atoms with van der Waals surface area (Å²) in [6.07, 6.45) is 0.959. The van der Waals surface area contributed by atoms with E-state index in [1.807, 2.05) is 13.8 Å². The number of esters is 1. The zero-order valence-electron chi connectivity index (χ0n) is 10.1. The van der Waals surface area contributed by atoms with Gasteiger partial charge in [-0.2, -0.15) is 0 Å². The number of ether oxygens (including phenoxy) is 2. The van der Waals surface area contributed by atoms with Crippen LogP contribution in [0.1, 0.15) is 41.0 Å². The number of hydrogen-bond donors (Lipinski definition) is 0. The molecule has 0 aliphatic carbocycles. The molecular weight excluding hydrogens is 180 g/mol. The number of carbonyl (C=O) groups is 1.